The van der Waals surface area contributed by atoms with Crippen molar-refractivity contribution in [3.05, 3.63) is 41.2 Å². The molecule has 7 heteroatoms. The number of halogens is 1. The van der Waals surface area contributed by atoms with Crippen molar-refractivity contribution in [2.24, 2.45) is 0 Å². The number of anilines is 1. The number of aromatic amines is 1. The van der Waals surface area contributed by atoms with E-state index in [0.29, 0.717) is 11.7 Å². The molecule has 1 aromatic heterocycles. The number of nitrogens with one attached hydrogen (secondary N) is 2. The summed E-state index contributed by atoms with van der Waals surface area (Å²) < 4.78 is 13.4. The highest BCUT2D eigenvalue weighted by Gasteiger charge is 2.28. The lowest BCUT2D eigenvalue weighted by Crippen LogP contribution is -2.15. The molecule has 20 heavy (non-hydrogen) atoms. The number of rotatable bonds is 3. The summed E-state index contributed by atoms with van der Waals surface area (Å²) in [6.07, 6.45) is 2.08. The maximum atomic E-state index is 13.4. The Morgan fingerprint density at radius 3 is 3.00 bits per heavy atom. The highest BCUT2D eigenvalue weighted by atomic mass is 19.1. The summed E-state index contributed by atoms with van der Waals surface area (Å²) in [7, 11) is 0. The van der Waals surface area contributed by atoms with Crippen LogP contribution in [0.4, 0.5) is 10.1 Å². The molecule has 0 spiro atoms. The number of aromatic nitrogens is 3. The van der Waals surface area contributed by atoms with Crippen molar-refractivity contribution in [2.75, 3.05) is 5.32 Å². The third-order valence-electron chi connectivity index (χ3n) is 3.04. The van der Waals surface area contributed by atoms with Crippen molar-refractivity contribution in [2.45, 2.75) is 18.8 Å². The Balaban J connectivity index is 1.81. The van der Waals surface area contributed by atoms with E-state index in [4.69, 9.17) is 5.26 Å². The first-order chi connectivity index (χ1) is 9.69. The van der Waals surface area contributed by atoms with Crippen LogP contribution in [0.15, 0.2) is 18.2 Å². The van der Waals surface area contributed by atoms with Gasteiger partial charge in [-0.15, -0.1) is 5.10 Å². The van der Waals surface area contributed by atoms with Crippen LogP contribution in [-0.2, 0) is 0 Å². The fourth-order valence-corrected chi connectivity index (χ4v) is 1.84. The number of nitrogens with zero attached hydrogens (tertiary/aromatic N) is 3. The van der Waals surface area contributed by atoms with Gasteiger partial charge in [-0.2, -0.15) is 5.26 Å². The molecular weight excluding hydrogens is 261 g/mol. The topological polar surface area (TPSA) is 94.5 Å². The third-order valence-corrected chi connectivity index (χ3v) is 3.04. The normalized spacial score (nSPS) is 13.8. The molecule has 1 aromatic carbocycles. The van der Waals surface area contributed by atoms with Crippen LogP contribution in [0, 0.1) is 17.1 Å². The van der Waals surface area contributed by atoms with E-state index in [0.717, 1.165) is 18.9 Å². The summed E-state index contributed by atoms with van der Waals surface area (Å²) >= 11 is 0. The van der Waals surface area contributed by atoms with Gasteiger partial charge in [0.1, 0.15) is 23.3 Å². The molecule has 0 aliphatic heterocycles. The summed E-state index contributed by atoms with van der Waals surface area (Å²) in [4.78, 5) is 16.1. The van der Waals surface area contributed by atoms with Gasteiger partial charge in [0.2, 0.25) is 5.82 Å². The Hall–Kier alpha value is -2.75. The van der Waals surface area contributed by atoms with Crippen molar-refractivity contribution in [1.82, 2.24) is 15.2 Å². The number of carbonyl (C=O) groups is 1. The summed E-state index contributed by atoms with van der Waals surface area (Å²) in [5.41, 5.74) is -0.103. The lowest BCUT2D eigenvalue weighted by atomic mass is 10.2. The summed E-state index contributed by atoms with van der Waals surface area (Å²) in [6, 6.07) is 5.74. The minimum atomic E-state index is -0.682. The minimum absolute atomic E-state index is 0.0138. The molecule has 0 radical (unpaired) electrons. The van der Waals surface area contributed by atoms with E-state index < -0.39 is 11.7 Å². The van der Waals surface area contributed by atoms with Crippen molar-refractivity contribution in [3.63, 3.8) is 0 Å². The summed E-state index contributed by atoms with van der Waals surface area (Å²) in [6.45, 7) is 0. The Bertz CT molecular complexity index is 714. The van der Waals surface area contributed by atoms with Gasteiger partial charge >= 0.3 is 0 Å². The highest BCUT2D eigenvalue weighted by molar-refractivity contribution is 6.02. The number of hydrogen-bond acceptors (Lipinski definition) is 4. The molecule has 0 bridgehead atoms. The summed E-state index contributed by atoms with van der Waals surface area (Å²) in [5.74, 6) is -0.225. The Morgan fingerprint density at radius 2 is 2.30 bits per heavy atom. The monoisotopic (exact) mass is 271 g/mol. The van der Waals surface area contributed by atoms with Crippen LogP contribution < -0.4 is 5.32 Å². The molecule has 0 atom stereocenters. The SMILES string of the molecule is N#Cc1c(F)cccc1NC(=O)c1n[nH]c(C2CC2)n1. The molecule has 1 heterocycles. The first-order valence-electron chi connectivity index (χ1n) is 6.11. The van der Waals surface area contributed by atoms with Gasteiger partial charge in [0.15, 0.2) is 0 Å². The predicted octanol–water partition coefficient (Wildman–Crippen LogP) is 1.95. The van der Waals surface area contributed by atoms with Crippen LogP contribution in [0.1, 0.15) is 40.8 Å². The zero-order valence-corrected chi connectivity index (χ0v) is 10.4. The zero-order valence-electron chi connectivity index (χ0n) is 10.4. The van der Waals surface area contributed by atoms with Gasteiger partial charge in [-0.3, -0.25) is 9.89 Å². The van der Waals surface area contributed by atoms with Crippen molar-refractivity contribution < 1.29 is 9.18 Å². The molecule has 6 nitrogen and oxygen atoms in total. The number of hydrogen-bond donors (Lipinski definition) is 2. The zero-order chi connectivity index (χ0) is 14.1. The first-order valence-corrected chi connectivity index (χ1v) is 6.11. The van der Waals surface area contributed by atoms with E-state index in [2.05, 4.69) is 20.5 Å². The lowest BCUT2D eigenvalue weighted by molar-refractivity contribution is 0.101. The van der Waals surface area contributed by atoms with Gasteiger partial charge in [-0.25, -0.2) is 9.37 Å². The molecule has 1 aliphatic rings. The van der Waals surface area contributed by atoms with E-state index >= 15 is 0 Å². The van der Waals surface area contributed by atoms with Crippen molar-refractivity contribution >= 4 is 11.6 Å². The fourth-order valence-electron chi connectivity index (χ4n) is 1.84. The van der Waals surface area contributed by atoms with Gasteiger partial charge in [0.05, 0.1) is 5.69 Å². The average molecular weight is 271 g/mol. The maximum absolute atomic E-state index is 13.4. The first kappa shape index (κ1) is 12.3. The van der Waals surface area contributed by atoms with Gasteiger partial charge in [-0.1, -0.05) is 6.07 Å². The molecule has 1 aliphatic carbocycles. The van der Waals surface area contributed by atoms with Crippen LogP contribution in [-0.4, -0.2) is 21.1 Å². The van der Waals surface area contributed by atoms with E-state index in [1.807, 2.05) is 0 Å². The molecule has 1 amide bonds. The van der Waals surface area contributed by atoms with E-state index in [9.17, 15) is 9.18 Å². The Morgan fingerprint density at radius 1 is 1.50 bits per heavy atom. The molecule has 0 unspecified atom stereocenters. The van der Waals surface area contributed by atoms with E-state index in [1.165, 1.54) is 12.1 Å². The number of benzene rings is 1. The summed E-state index contributed by atoms with van der Waals surface area (Å²) in [5, 5.41) is 17.9. The van der Waals surface area contributed by atoms with Crippen LogP contribution in [0.2, 0.25) is 0 Å². The predicted molar refractivity (Wildman–Crippen MR) is 67.4 cm³/mol. The van der Waals surface area contributed by atoms with Gasteiger partial charge < -0.3 is 5.32 Å². The fraction of sp³-hybridized carbons (Fsp3) is 0.231. The molecule has 2 aromatic rings. The van der Waals surface area contributed by atoms with Gasteiger partial charge in [0.25, 0.3) is 5.91 Å². The second-order valence-electron chi connectivity index (χ2n) is 4.55. The lowest BCUT2D eigenvalue weighted by Gasteiger charge is -2.04. The molecule has 100 valence electrons. The Labute approximate surface area is 113 Å². The van der Waals surface area contributed by atoms with Gasteiger partial charge in [-0.05, 0) is 25.0 Å². The second-order valence-corrected chi connectivity index (χ2v) is 4.55. The van der Waals surface area contributed by atoms with Crippen LogP contribution >= 0.6 is 0 Å². The molecular formula is C13H10FN5O. The van der Waals surface area contributed by atoms with Crippen LogP contribution in [0.3, 0.4) is 0 Å². The molecule has 0 saturated heterocycles. The van der Waals surface area contributed by atoms with Crippen LogP contribution in [0.25, 0.3) is 0 Å². The number of nitriles is 1. The van der Waals surface area contributed by atoms with E-state index in [1.54, 1.807) is 6.07 Å². The standard InChI is InChI=1S/C13H10FN5O/c14-9-2-1-3-10(8(9)6-15)16-13(20)12-17-11(18-19-12)7-4-5-7/h1-3,7H,4-5H2,(H,16,20)(H,17,18,19). The third kappa shape index (κ3) is 2.23. The highest BCUT2D eigenvalue weighted by Crippen LogP contribution is 2.37. The molecule has 3 rings (SSSR count). The van der Waals surface area contributed by atoms with Crippen molar-refractivity contribution in [3.8, 4) is 6.07 Å². The number of amides is 1. The molecule has 2 N–H and O–H groups in total. The second kappa shape index (κ2) is 4.74. The quantitative estimate of drug-likeness (QED) is 0.891. The smallest absolute Gasteiger partial charge is 0.295 e. The van der Waals surface area contributed by atoms with E-state index in [-0.39, 0.29) is 17.1 Å². The molecule has 1 fully saturated rings. The molecule has 1 saturated carbocycles. The van der Waals surface area contributed by atoms with Crippen molar-refractivity contribution in [1.29, 1.82) is 5.26 Å². The largest absolute Gasteiger partial charge is 0.318 e. The Kier molecular flexibility index (Phi) is 2.91. The van der Waals surface area contributed by atoms with Gasteiger partial charge in [0, 0.05) is 5.92 Å². The number of H-pyrrole nitrogens is 1. The van der Waals surface area contributed by atoms with Crippen LogP contribution in [0.5, 0.6) is 0 Å². The number of carbonyl (C=O) groups excluding carboxylic acids is 1. The average Bonchev–Trinajstić information content (AvgIpc) is 3.16. The minimum Gasteiger partial charge on any atom is -0.318 e. The maximum Gasteiger partial charge on any atom is 0.295 e.